The van der Waals surface area contributed by atoms with Crippen molar-refractivity contribution in [2.75, 3.05) is 0 Å². The van der Waals surface area contributed by atoms with Gasteiger partial charge in [-0.25, -0.2) is 0 Å². The standard InChI is InChI=1S/C10H5/c1-2-6-10-8-4-3-7-9(10)5-1/h1,4-7H. The van der Waals surface area contributed by atoms with Crippen molar-refractivity contribution in [3.05, 3.63) is 48.5 Å². The minimum absolute atomic E-state index is 1.10. The predicted octanol–water partition coefficient (Wildman–Crippen LogP) is 2.24. The molecule has 0 atom stereocenters. The Bertz CT molecular complexity index is 271. The molecule has 45 valence electrons. The monoisotopic (exact) mass is 125 g/mol. The molecule has 0 spiro atoms. The van der Waals surface area contributed by atoms with E-state index in [0.29, 0.717) is 0 Å². The zero-order valence-electron chi connectivity index (χ0n) is 5.39. The summed E-state index contributed by atoms with van der Waals surface area (Å²) >= 11 is 0. The summed E-state index contributed by atoms with van der Waals surface area (Å²) < 4.78 is 0. The Balaban J connectivity index is 2.89. The summed E-state index contributed by atoms with van der Waals surface area (Å²) in [5.41, 5.74) is 0. The minimum atomic E-state index is 1.10. The Kier molecular flexibility index (Phi) is 1.17. The van der Waals surface area contributed by atoms with Gasteiger partial charge in [0.2, 0.25) is 0 Å². The molecule has 0 amide bonds. The van der Waals surface area contributed by atoms with Crippen LogP contribution in [-0.2, 0) is 0 Å². The van der Waals surface area contributed by atoms with Crippen molar-refractivity contribution in [1.82, 2.24) is 0 Å². The van der Waals surface area contributed by atoms with Gasteiger partial charge in [0.05, 0.1) is 0 Å². The van der Waals surface area contributed by atoms with E-state index < -0.39 is 0 Å². The van der Waals surface area contributed by atoms with E-state index in [4.69, 9.17) is 0 Å². The maximum Gasteiger partial charge on any atom is -0.00926 e. The van der Waals surface area contributed by atoms with Crippen LogP contribution in [0, 0.1) is 18.2 Å². The van der Waals surface area contributed by atoms with Crippen LogP contribution in [0.15, 0.2) is 30.3 Å². The molecule has 0 aliphatic heterocycles. The molecule has 0 aliphatic rings. The molecule has 0 heteroatoms. The van der Waals surface area contributed by atoms with Gasteiger partial charge in [0.25, 0.3) is 0 Å². The first-order valence-corrected chi connectivity index (χ1v) is 3.14. The van der Waals surface area contributed by atoms with Crippen LogP contribution in [0.3, 0.4) is 0 Å². The van der Waals surface area contributed by atoms with Crippen molar-refractivity contribution >= 4 is 10.8 Å². The molecule has 2 aromatic rings. The number of fused-ring (bicyclic) bond motifs is 1. The van der Waals surface area contributed by atoms with Crippen LogP contribution in [0.25, 0.3) is 10.8 Å². The molecule has 0 saturated heterocycles. The van der Waals surface area contributed by atoms with Gasteiger partial charge in [0.15, 0.2) is 0 Å². The van der Waals surface area contributed by atoms with Crippen LogP contribution >= 0.6 is 0 Å². The van der Waals surface area contributed by atoms with Crippen LogP contribution < -0.4 is 0 Å². The number of hydrogen-bond donors (Lipinski definition) is 0. The molecular formula is C10H5. The first-order valence-electron chi connectivity index (χ1n) is 3.14. The molecule has 0 fully saturated rings. The van der Waals surface area contributed by atoms with E-state index in [2.05, 4.69) is 18.2 Å². The normalized spacial score (nSPS) is 10.0. The summed E-state index contributed by atoms with van der Waals surface area (Å²) in [7, 11) is 0. The molecule has 0 heterocycles. The highest BCUT2D eigenvalue weighted by Gasteiger charge is 1.86. The van der Waals surface area contributed by atoms with Gasteiger partial charge < -0.3 is 0 Å². The van der Waals surface area contributed by atoms with Crippen LogP contribution in [0.4, 0.5) is 0 Å². The van der Waals surface area contributed by atoms with Gasteiger partial charge in [-0.3, -0.25) is 0 Å². The Labute approximate surface area is 60.1 Å². The highest BCUT2D eigenvalue weighted by atomic mass is 13.9. The smallest absolute Gasteiger partial charge is 0.00926 e. The summed E-state index contributed by atoms with van der Waals surface area (Å²) in [6.45, 7) is 0. The lowest BCUT2D eigenvalue weighted by Gasteiger charge is -1.91. The maximum absolute atomic E-state index is 3.06. The minimum Gasteiger partial charge on any atom is -0.0537 e. The molecule has 0 aliphatic carbocycles. The first kappa shape index (κ1) is 5.48. The van der Waals surface area contributed by atoms with E-state index in [-0.39, 0.29) is 0 Å². The van der Waals surface area contributed by atoms with E-state index in [9.17, 15) is 0 Å². The van der Waals surface area contributed by atoms with Gasteiger partial charge in [0, 0.05) is 0 Å². The van der Waals surface area contributed by atoms with Crippen molar-refractivity contribution in [3.8, 4) is 0 Å². The Morgan fingerprint density at radius 1 is 1.10 bits per heavy atom. The number of benzene rings is 2. The van der Waals surface area contributed by atoms with Crippen molar-refractivity contribution < 1.29 is 0 Å². The van der Waals surface area contributed by atoms with Gasteiger partial charge in [0.1, 0.15) is 0 Å². The summed E-state index contributed by atoms with van der Waals surface area (Å²) in [6, 6.07) is 18.6. The van der Waals surface area contributed by atoms with Gasteiger partial charge in [-0.1, -0.05) is 12.1 Å². The topological polar surface area (TPSA) is 0 Å². The fraction of sp³-hybridized carbons (Fsp3) is 0. The number of rotatable bonds is 0. The van der Waals surface area contributed by atoms with Crippen molar-refractivity contribution in [1.29, 1.82) is 0 Å². The van der Waals surface area contributed by atoms with E-state index >= 15 is 0 Å². The van der Waals surface area contributed by atoms with Crippen LogP contribution in [0.5, 0.6) is 0 Å². The molecular weight excluding hydrogens is 120 g/mol. The highest BCUT2D eigenvalue weighted by Crippen LogP contribution is 2.09. The molecule has 0 bridgehead atoms. The van der Waals surface area contributed by atoms with Crippen molar-refractivity contribution in [2.45, 2.75) is 0 Å². The molecule has 2 rings (SSSR count). The Hall–Kier alpha value is -1.30. The molecule has 3 radical (unpaired) electrons. The third-order valence-electron chi connectivity index (χ3n) is 1.45. The van der Waals surface area contributed by atoms with Crippen LogP contribution in [0.1, 0.15) is 0 Å². The highest BCUT2D eigenvalue weighted by molar-refractivity contribution is 5.81. The second-order valence-electron chi connectivity index (χ2n) is 2.11. The Morgan fingerprint density at radius 3 is 3.00 bits per heavy atom. The molecule has 0 saturated carbocycles. The molecule has 2 aromatic carbocycles. The van der Waals surface area contributed by atoms with E-state index in [1.54, 1.807) is 6.07 Å². The fourth-order valence-electron chi connectivity index (χ4n) is 0.944. The average molecular weight is 125 g/mol. The van der Waals surface area contributed by atoms with Gasteiger partial charge in [-0.05, 0) is 47.2 Å². The number of hydrogen-bond acceptors (Lipinski definition) is 0. The second-order valence-corrected chi connectivity index (χ2v) is 2.11. The molecule has 10 heavy (non-hydrogen) atoms. The summed E-state index contributed by atoms with van der Waals surface area (Å²) in [5, 5.41) is 2.27. The third kappa shape index (κ3) is 0.781. The summed E-state index contributed by atoms with van der Waals surface area (Å²) in [5.74, 6) is 0. The zero-order chi connectivity index (χ0) is 6.81. The average Bonchev–Trinajstić information content (AvgIpc) is 2.05. The second kappa shape index (κ2) is 2.14. The lowest BCUT2D eigenvalue weighted by molar-refractivity contribution is 1.72. The lowest BCUT2D eigenvalue weighted by atomic mass is 10.1. The van der Waals surface area contributed by atoms with Gasteiger partial charge in [-0.15, -0.1) is 0 Å². The van der Waals surface area contributed by atoms with E-state index in [1.807, 2.05) is 24.3 Å². The quantitative estimate of drug-likeness (QED) is 0.506. The molecule has 0 unspecified atom stereocenters. The predicted molar refractivity (Wildman–Crippen MR) is 40.5 cm³/mol. The van der Waals surface area contributed by atoms with Crippen molar-refractivity contribution in [3.63, 3.8) is 0 Å². The van der Waals surface area contributed by atoms with Crippen LogP contribution in [0.2, 0.25) is 0 Å². The lowest BCUT2D eigenvalue weighted by Crippen LogP contribution is -1.68. The first-order chi connectivity index (χ1) is 4.97. The van der Waals surface area contributed by atoms with Gasteiger partial charge >= 0.3 is 0 Å². The Morgan fingerprint density at radius 2 is 2.10 bits per heavy atom. The molecule has 0 aromatic heterocycles. The van der Waals surface area contributed by atoms with Crippen LogP contribution in [-0.4, -0.2) is 0 Å². The zero-order valence-corrected chi connectivity index (χ0v) is 5.39. The summed E-state index contributed by atoms with van der Waals surface area (Å²) in [4.78, 5) is 0. The largest absolute Gasteiger partial charge is 0.0537 e. The van der Waals surface area contributed by atoms with Crippen molar-refractivity contribution in [2.24, 2.45) is 0 Å². The molecule has 0 nitrogen and oxygen atoms in total. The van der Waals surface area contributed by atoms with Gasteiger partial charge in [-0.2, -0.15) is 0 Å². The maximum atomic E-state index is 3.06. The van der Waals surface area contributed by atoms with E-state index in [0.717, 1.165) is 5.39 Å². The third-order valence-corrected chi connectivity index (χ3v) is 1.45. The SMILES string of the molecule is [c]1ccc2c[c]c[c]c2c1. The molecule has 0 N–H and O–H groups in total. The van der Waals surface area contributed by atoms with E-state index in [1.165, 1.54) is 5.39 Å². The fourth-order valence-corrected chi connectivity index (χ4v) is 0.944. The summed E-state index contributed by atoms with van der Waals surface area (Å²) in [6.07, 6.45) is 0.